The van der Waals surface area contributed by atoms with E-state index in [1.807, 2.05) is 0 Å². The minimum absolute atomic E-state index is 0.667. The van der Waals surface area contributed by atoms with Crippen LogP contribution in [0.5, 0.6) is 0 Å². The van der Waals surface area contributed by atoms with Crippen LogP contribution < -0.4 is 10.6 Å². The average molecular weight is 306 g/mol. The van der Waals surface area contributed by atoms with Gasteiger partial charge in [-0.1, -0.05) is 42.5 Å². The van der Waals surface area contributed by atoms with Crippen molar-refractivity contribution in [1.29, 1.82) is 0 Å². The summed E-state index contributed by atoms with van der Waals surface area (Å²) in [5, 5.41) is 7.17. The Labute approximate surface area is 139 Å². The monoisotopic (exact) mass is 306 g/mol. The lowest BCUT2D eigenvalue weighted by Crippen LogP contribution is -2.30. The number of hydrogen-bond donors (Lipinski definition) is 2. The largest absolute Gasteiger partial charge is 0.385 e. The van der Waals surface area contributed by atoms with E-state index in [1.165, 1.54) is 49.2 Å². The van der Waals surface area contributed by atoms with Crippen LogP contribution in [-0.4, -0.2) is 19.6 Å². The minimum atomic E-state index is 0.667. The van der Waals surface area contributed by atoms with Crippen molar-refractivity contribution in [2.24, 2.45) is 11.3 Å². The third kappa shape index (κ3) is 3.42. The zero-order valence-corrected chi connectivity index (χ0v) is 13.7. The maximum Gasteiger partial charge on any atom is 0.0343 e. The predicted molar refractivity (Wildman–Crippen MR) is 96.8 cm³/mol. The Hall–Kier alpha value is -1.80. The van der Waals surface area contributed by atoms with E-state index in [1.54, 1.807) is 0 Å². The number of hydrogen-bond acceptors (Lipinski definition) is 2. The molecule has 0 bridgehead atoms. The molecule has 1 heterocycles. The fourth-order valence-corrected chi connectivity index (χ4v) is 4.12. The lowest BCUT2D eigenvalue weighted by Gasteiger charge is -2.23. The first-order chi connectivity index (χ1) is 11.3. The Morgan fingerprint density at radius 1 is 0.957 bits per heavy atom. The van der Waals surface area contributed by atoms with Gasteiger partial charge < -0.3 is 10.6 Å². The zero-order valence-electron chi connectivity index (χ0n) is 13.7. The predicted octanol–water partition coefficient (Wildman–Crippen LogP) is 4.08. The highest BCUT2D eigenvalue weighted by atomic mass is 14.9. The second-order valence-electron chi connectivity index (χ2n) is 7.26. The van der Waals surface area contributed by atoms with Crippen molar-refractivity contribution >= 4 is 5.69 Å². The lowest BCUT2D eigenvalue weighted by atomic mass is 9.92. The molecule has 1 atom stereocenters. The van der Waals surface area contributed by atoms with E-state index < -0.39 is 0 Å². The molecule has 0 radical (unpaired) electrons. The van der Waals surface area contributed by atoms with Crippen LogP contribution >= 0.6 is 0 Å². The van der Waals surface area contributed by atoms with Crippen molar-refractivity contribution < 1.29 is 0 Å². The Bertz CT molecular complexity index is 644. The molecule has 1 aliphatic heterocycles. The summed E-state index contributed by atoms with van der Waals surface area (Å²) in [6, 6.07) is 19.6. The number of anilines is 1. The summed E-state index contributed by atoms with van der Waals surface area (Å²) in [4.78, 5) is 0. The summed E-state index contributed by atoms with van der Waals surface area (Å²) in [6.45, 7) is 3.56. The third-order valence-electron chi connectivity index (χ3n) is 5.69. The van der Waals surface area contributed by atoms with Crippen LogP contribution in [0.2, 0.25) is 0 Å². The van der Waals surface area contributed by atoms with Gasteiger partial charge >= 0.3 is 0 Å². The molecular formula is C21H26N2. The van der Waals surface area contributed by atoms with Gasteiger partial charge in [0.1, 0.15) is 0 Å². The summed E-state index contributed by atoms with van der Waals surface area (Å²) < 4.78 is 0. The van der Waals surface area contributed by atoms with Gasteiger partial charge in [0, 0.05) is 12.2 Å². The molecule has 2 aromatic rings. The van der Waals surface area contributed by atoms with E-state index >= 15 is 0 Å². The summed E-state index contributed by atoms with van der Waals surface area (Å²) in [6.07, 6.45) is 5.17. The average Bonchev–Trinajstić information content (AvgIpc) is 3.26. The molecule has 2 nitrogen and oxygen atoms in total. The van der Waals surface area contributed by atoms with Crippen LogP contribution in [0.1, 0.15) is 30.4 Å². The summed E-state index contributed by atoms with van der Waals surface area (Å²) >= 11 is 0. The summed E-state index contributed by atoms with van der Waals surface area (Å²) in [5.74, 6) is 0.877. The summed E-state index contributed by atoms with van der Waals surface area (Å²) in [7, 11) is 0. The number of benzene rings is 2. The molecule has 0 amide bonds. The Morgan fingerprint density at radius 2 is 1.74 bits per heavy atom. The van der Waals surface area contributed by atoms with Gasteiger partial charge in [-0.05, 0) is 73.4 Å². The highest BCUT2D eigenvalue weighted by Gasteiger charge is 2.53. The maximum atomic E-state index is 3.68. The Balaban J connectivity index is 1.34. The van der Waals surface area contributed by atoms with Gasteiger partial charge in [-0.3, -0.25) is 0 Å². The molecule has 120 valence electrons. The molecular weight excluding hydrogens is 280 g/mol. The fraction of sp³-hybridized carbons (Fsp3) is 0.429. The van der Waals surface area contributed by atoms with Crippen molar-refractivity contribution in [3.63, 3.8) is 0 Å². The molecule has 0 aromatic heterocycles. The van der Waals surface area contributed by atoms with Crippen molar-refractivity contribution in [1.82, 2.24) is 5.32 Å². The van der Waals surface area contributed by atoms with Gasteiger partial charge in [-0.25, -0.2) is 0 Å². The van der Waals surface area contributed by atoms with E-state index in [0.717, 1.165) is 18.9 Å². The van der Waals surface area contributed by atoms with Gasteiger partial charge in [0.15, 0.2) is 0 Å². The molecule has 4 rings (SSSR count). The summed E-state index contributed by atoms with van der Waals surface area (Å²) in [5.41, 5.74) is 4.70. The van der Waals surface area contributed by atoms with Crippen LogP contribution in [0, 0.1) is 11.3 Å². The quantitative estimate of drug-likeness (QED) is 0.870. The van der Waals surface area contributed by atoms with Crippen LogP contribution in [0.3, 0.4) is 0 Å². The van der Waals surface area contributed by atoms with E-state index in [9.17, 15) is 0 Å². The van der Waals surface area contributed by atoms with E-state index in [-0.39, 0.29) is 0 Å². The number of rotatable bonds is 5. The maximum absolute atomic E-state index is 3.68. The molecule has 1 unspecified atom stereocenters. The standard InChI is InChI=1S/C21H26N2/c1-2-5-17(6-3-1)13-18-7-4-8-20(14-18)23-16-19-15-21(19)9-11-22-12-10-21/h1-8,14,19,22-23H,9-13,15-16H2. The molecule has 1 spiro atoms. The first-order valence-corrected chi connectivity index (χ1v) is 8.92. The number of piperidine rings is 1. The van der Waals surface area contributed by atoms with E-state index in [2.05, 4.69) is 65.2 Å². The van der Waals surface area contributed by atoms with E-state index in [0.29, 0.717) is 5.41 Å². The SMILES string of the molecule is c1ccc(Cc2cccc(NCC3CC34CCNCC4)c2)cc1. The molecule has 1 aliphatic carbocycles. The van der Waals surface area contributed by atoms with Gasteiger partial charge in [0.05, 0.1) is 0 Å². The van der Waals surface area contributed by atoms with Gasteiger partial charge in [-0.15, -0.1) is 0 Å². The highest BCUT2D eigenvalue weighted by Crippen LogP contribution is 2.58. The van der Waals surface area contributed by atoms with Gasteiger partial charge in [0.2, 0.25) is 0 Å². The number of nitrogens with one attached hydrogen (secondary N) is 2. The Kier molecular flexibility index (Phi) is 4.09. The third-order valence-corrected chi connectivity index (χ3v) is 5.69. The van der Waals surface area contributed by atoms with Crippen LogP contribution in [0.25, 0.3) is 0 Å². The van der Waals surface area contributed by atoms with Crippen LogP contribution in [0.4, 0.5) is 5.69 Å². The first-order valence-electron chi connectivity index (χ1n) is 8.92. The molecule has 2 heteroatoms. The van der Waals surface area contributed by atoms with Gasteiger partial charge in [0.25, 0.3) is 0 Å². The van der Waals surface area contributed by atoms with Crippen LogP contribution in [-0.2, 0) is 6.42 Å². The Morgan fingerprint density at radius 3 is 2.57 bits per heavy atom. The highest BCUT2D eigenvalue weighted by molar-refractivity contribution is 5.47. The van der Waals surface area contributed by atoms with E-state index in [4.69, 9.17) is 0 Å². The molecule has 1 saturated carbocycles. The zero-order chi connectivity index (χ0) is 15.5. The molecule has 1 saturated heterocycles. The molecule has 2 aliphatic rings. The van der Waals surface area contributed by atoms with Crippen molar-refractivity contribution in [2.45, 2.75) is 25.7 Å². The van der Waals surface area contributed by atoms with Crippen molar-refractivity contribution in [3.8, 4) is 0 Å². The smallest absolute Gasteiger partial charge is 0.0343 e. The first kappa shape index (κ1) is 14.8. The lowest BCUT2D eigenvalue weighted by molar-refractivity contribution is 0.326. The van der Waals surface area contributed by atoms with Crippen molar-refractivity contribution in [2.75, 3.05) is 25.0 Å². The minimum Gasteiger partial charge on any atom is -0.385 e. The van der Waals surface area contributed by atoms with Crippen molar-refractivity contribution in [3.05, 3.63) is 65.7 Å². The second-order valence-corrected chi connectivity index (χ2v) is 7.26. The topological polar surface area (TPSA) is 24.1 Å². The normalized spacial score (nSPS) is 22.0. The molecule has 2 N–H and O–H groups in total. The molecule has 2 fully saturated rings. The molecule has 2 aromatic carbocycles. The molecule has 23 heavy (non-hydrogen) atoms. The van der Waals surface area contributed by atoms with Gasteiger partial charge in [-0.2, -0.15) is 0 Å². The fourth-order valence-electron chi connectivity index (χ4n) is 4.12. The second kappa shape index (κ2) is 6.37. The van der Waals surface area contributed by atoms with Crippen LogP contribution in [0.15, 0.2) is 54.6 Å².